The lowest BCUT2D eigenvalue weighted by atomic mass is 10.1. The summed E-state index contributed by atoms with van der Waals surface area (Å²) in [5.74, 6) is -0.373. The van der Waals surface area contributed by atoms with E-state index in [4.69, 9.17) is 4.74 Å². The smallest absolute Gasteiger partial charge is 0.255 e. The van der Waals surface area contributed by atoms with Crippen molar-refractivity contribution in [3.05, 3.63) is 70.0 Å². The van der Waals surface area contributed by atoms with Crippen LogP contribution in [0.4, 0.5) is 5.69 Å². The van der Waals surface area contributed by atoms with Gasteiger partial charge in [-0.3, -0.25) is 9.59 Å². The summed E-state index contributed by atoms with van der Waals surface area (Å²) in [5, 5.41) is 3.62. The summed E-state index contributed by atoms with van der Waals surface area (Å²) < 4.78 is 32.2. The van der Waals surface area contributed by atoms with E-state index in [2.05, 4.69) is 10.3 Å². The van der Waals surface area contributed by atoms with E-state index in [1.807, 2.05) is 6.07 Å². The molecule has 0 spiro atoms. The Hall–Kier alpha value is -3.01. The monoisotopic (exact) mass is 455 g/mol. The van der Waals surface area contributed by atoms with Crippen LogP contribution in [0.25, 0.3) is 10.9 Å². The normalized spacial score (nSPS) is 15.0. The number of sulfonamides is 1. The topological polar surface area (TPSA) is 109 Å². The Bertz CT molecular complexity index is 1290. The Balaban J connectivity index is 1.52. The molecule has 4 rings (SSSR count). The van der Waals surface area contributed by atoms with E-state index < -0.39 is 10.0 Å². The van der Waals surface area contributed by atoms with E-state index in [-0.39, 0.29) is 16.4 Å². The molecule has 1 amide bonds. The van der Waals surface area contributed by atoms with E-state index in [0.717, 1.165) is 30.2 Å². The highest BCUT2D eigenvalue weighted by Gasteiger charge is 2.26. The van der Waals surface area contributed by atoms with Crippen LogP contribution in [-0.4, -0.2) is 43.8 Å². The van der Waals surface area contributed by atoms with Crippen LogP contribution in [0.3, 0.4) is 0 Å². The first-order chi connectivity index (χ1) is 15.4. The standard InChI is InChI=1S/C23H25N3O5S/c1-31-15-17-13-22(27)25-21-14-18(7-10-20(17)21)24-23(28)16-5-8-19(9-6-16)32(29,30)26-11-3-2-4-12-26/h5-10,13-14H,2-4,11-12,15H2,1H3,(H,24,28)(H,25,27). The molecule has 168 valence electrons. The first-order valence-electron chi connectivity index (χ1n) is 10.4. The summed E-state index contributed by atoms with van der Waals surface area (Å²) in [6, 6.07) is 12.7. The lowest BCUT2D eigenvalue weighted by Gasteiger charge is -2.25. The average molecular weight is 456 g/mol. The van der Waals surface area contributed by atoms with E-state index in [1.165, 1.54) is 34.6 Å². The molecule has 1 aliphatic rings. The number of benzene rings is 2. The summed E-state index contributed by atoms with van der Waals surface area (Å²) in [6.07, 6.45) is 2.77. The molecule has 3 aromatic rings. The maximum absolute atomic E-state index is 12.8. The van der Waals surface area contributed by atoms with Crippen molar-refractivity contribution < 1.29 is 17.9 Å². The van der Waals surface area contributed by atoms with Crippen molar-refractivity contribution in [3.63, 3.8) is 0 Å². The van der Waals surface area contributed by atoms with Crippen molar-refractivity contribution in [3.8, 4) is 0 Å². The maximum Gasteiger partial charge on any atom is 0.255 e. The third-order valence-electron chi connectivity index (χ3n) is 5.56. The molecule has 1 aliphatic heterocycles. The fourth-order valence-corrected chi connectivity index (χ4v) is 5.44. The van der Waals surface area contributed by atoms with Gasteiger partial charge in [0.05, 0.1) is 17.0 Å². The van der Waals surface area contributed by atoms with Crippen molar-refractivity contribution in [2.45, 2.75) is 30.8 Å². The molecule has 2 aromatic carbocycles. The lowest BCUT2D eigenvalue weighted by Crippen LogP contribution is -2.35. The second kappa shape index (κ2) is 9.23. The van der Waals surface area contributed by atoms with Gasteiger partial charge in [-0.25, -0.2) is 8.42 Å². The number of nitrogens with zero attached hydrogens (tertiary/aromatic N) is 1. The van der Waals surface area contributed by atoms with E-state index >= 15 is 0 Å². The molecular weight excluding hydrogens is 430 g/mol. The largest absolute Gasteiger partial charge is 0.380 e. The quantitative estimate of drug-likeness (QED) is 0.594. The Morgan fingerprint density at radius 1 is 1.06 bits per heavy atom. The fraction of sp³-hybridized carbons (Fsp3) is 0.304. The van der Waals surface area contributed by atoms with Crippen LogP contribution < -0.4 is 10.9 Å². The highest BCUT2D eigenvalue weighted by atomic mass is 32.2. The highest BCUT2D eigenvalue weighted by molar-refractivity contribution is 7.89. The highest BCUT2D eigenvalue weighted by Crippen LogP contribution is 2.23. The van der Waals surface area contributed by atoms with Crippen molar-refractivity contribution >= 4 is 32.5 Å². The van der Waals surface area contributed by atoms with Gasteiger partial charge in [0.15, 0.2) is 0 Å². The number of carbonyl (C=O) groups is 1. The van der Waals surface area contributed by atoms with E-state index in [1.54, 1.807) is 19.2 Å². The molecular formula is C23H25N3O5S. The number of piperidine rings is 1. The molecule has 0 bridgehead atoms. The minimum atomic E-state index is -3.54. The summed E-state index contributed by atoms with van der Waals surface area (Å²) in [7, 11) is -1.98. The van der Waals surface area contributed by atoms with Gasteiger partial charge in [-0.15, -0.1) is 0 Å². The Kier molecular flexibility index (Phi) is 6.40. The Morgan fingerprint density at radius 3 is 2.47 bits per heavy atom. The number of H-pyrrole nitrogens is 1. The number of aromatic nitrogens is 1. The summed E-state index contributed by atoms with van der Waals surface area (Å²) in [6.45, 7) is 1.36. The van der Waals surface area contributed by atoms with Gasteiger partial charge in [-0.1, -0.05) is 12.5 Å². The number of hydrogen-bond donors (Lipinski definition) is 2. The molecule has 0 atom stereocenters. The van der Waals surface area contributed by atoms with Crippen molar-refractivity contribution in [2.75, 3.05) is 25.5 Å². The van der Waals surface area contributed by atoms with Gasteiger partial charge in [0.1, 0.15) is 0 Å². The van der Waals surface area contributed by atoms with Crippen molar-refractivity contribution in [1.82, 2.24) is 9.29 Å². The third kappa shape index (κ3) is 4.59. The van der Waals surface area contributed by atoms with Gasteiger partial charge >= 0.3 is 0 Å². The maximum atomic E-state index is 12.8. The fourth-order valence-electron chi connectivity index (χ4n) is 3.92. The summed E-state index contributed by atoms with van der Waals surface area (Å²) in [4.78, 5) is 27.5. The van der Waals surface area contributed by atoms with Gasteiger partial charge in [0.2, 0.25) is 15.6 Å². The molecule has 2 heterocycles. The molecule has 0 unspecified atom stereocenters. The lowest BCUT2D eigenvalue weighted by molar-refractivity contribution is 0.102. The zero-order valence-electron chi connectivity index (χ0n) is 17.8. The number of fused-ring (bicyclic) bond motifs is 1. The molecule has 0 radical (unpaired) electrons. The zero-order chi connectivity index (χ0) is 22.7. The molecule has 1 fully saturated rings. The van der Waals surface area contributed by atoms with Crippen molar-refractivity contribution in [2.24, 2.45) is 0 Å². The minimum Gasteiger partial charge on any atom is -0.380 e. The number of pyridine rings is 1. The molecule has 2 N–H and O–H groups in total. The molecule has 0 aliphatic carbocycles. The zero-order valence-corrected chi connectivity index (χ0v) is 18.6. The predicted octanol–water partition coefficient (Wildman–Crippen LogP) is 3.10. The van der Waals surface area contributed by atoms with Crippen LogP contribution in [0.15, 0.2) is 58.2 Å². The number of anilines is 1. The number of hydrogen-bond acceptors (Lipinski definition) is 5. The van der Waals surface area contributed by atoms with Crippen LogP contribution in [0.5, 0.6) is 0 Å². The SMILES string of the molecule is COCc1cc(=O)[nH]c2cc(NC(=O)c3ccc(S(=O)(=O)N4CCCCC4)cc3)ccc12. The molecule has 8 nitrogen and oxygen atoms in total. The number of amides is 1. The number of nitrogens with one attached hydrogen (secondary N) is 2. The van der Waals surface area contributed by atoms with Gasteiger partial charge in [-0.2, -0.15) is 4.31 Å². The predicted molar refractivity (Wildman–Crippen MR) is 122 cm³/mol. The first kappa shape index (κ1) is 22.2. The number of rotatable bonds is 6. The summed E-state index contributed by atoms with van der Waals surface area (Å²) >= 11 is 0. The van der Waals surface area contributed by atoms with Crippen molar-refractivity contribution in [1.29, 1.82) is 0 Å². The second-order valence-corrected chi connectivity index (χ2v) is 9.73. The number of carbonyl (C=O) groups excluding carboxylic acids is 1. The molecule has 9 heteroatoms. The second-order valence-electron chi connectivity index (χ2n) is 7.80. The number of aromatic amines is 1. The number of methoxy groups -OCH3 is 1. The third-order valence-corrected chi connectivity index (χ3v) is 7.47. The van der Waals surface area contributed by atoms with Crippen LogP contribution in [-0.2, 0) is 21.4 Å². The van der Waals surface area contributed by atoms with Gasteiger partial charge in [0, 0.05) is 42.9 Å². The van der Waals surface area contributed by atoms with E-state index in [0.29, 0.717) is 36.5 Å². The van der Waals surface area contributed by atoms with Gasteiger partial charge in [0.25, 0.3) is 5.91 Å². The van der Waals surface area contributed by atoms with Gasteiger partial charge in [-0.05, 0) is 54.8 Å². The molecule has 0 saturated carbocycles. The summed E-state index contributed by atoms with van der Waals surface area (Å²) in [5.41, 5.74) is 1.94. The molecule has 1 saturated heterocycles. The van der Waals surface area contributed by atoms with Crippen LogP contribution in [0.2, 0.25) is 0 Å². The molecule has 32 heavy (non-hydrogen) atoms. The van der Waals surface area contributed by atoms with Crippen LogP contribution in [0, 0.1) is 0 Å². The van der Waals surface area contributed by atoms with Crippen LogP contribution in [0.1, 0.15) is 35.2 Å². The Labute approximate surface area is 186 Å². The van der Waals surface area contributed by atoms with E-state index in [9.17, 15) is 18.0 Å². The Morgan fingerprint density at radius 2 is 1.78 bits per heavy atom. The minimum absolute atomic E-state index is 0.185. The van der Waals surface area contributed by atoms with Crippen LogP contribution >= 0.6 is 0 Å². The average Bonchev–Trinajstić information content (AvgIpc) is 2.79. The molecule has 1 aromatic heterocycles. The van der Waals surface area contributed by atoms with Gasteiger partial charge < -0.3 is 15.0 Å². The number of ether oxygens (including phenoxy) is 1. The first-order valence-corrected chi connectivity index (χ1v) is 11.9.